The molecule has 0 bridgehead atoms. The van der Waals surface area contributed by atoms with E-state index in [1.54, 1.807) is 36.5 Å². The van der Waals surface area contributed by atoms with Crippen molar-refractivity contribution < 1.29 is 19.1 Å². The number of nitrogens with zero attached hydrogens (tertiary/aromatic N) is 1. The number of thiazole rings is 1. The average molecular weight is 412 g/mol. The molecule has 1 aromatic carbocycles. The zero-order chi connectivity index (χ0) is 19.7. The van der Waals surface area contributed by atoms with Crippen molar-refractivity contribution in [2.75, 3.05) is 11.9 Å². The van der Waals surface area contributed by atoms with E-state index in [-0.39, 0.29) is 18.3 Å². The van der Waals surface area contributed by atoms with Crippen LogP contribution in [0.1, 0.15) is 37.7 Å². The number of hydrogen-bond acceptors (Lipinski definition) is 7. The first kappa shape index (κ1) is 18.5. The maximum Gasteiger partial charge on any atom is 0.350 e. The second-order valence-electron chi connectivity index (χ2n) is 6.36. The van der Waals surface area contributed by atoms with Gasteiger partial charge in [-0.05, 0) is 48.6 Å². The van der Waals surface area contributed by atoms with Gasteiger partial charge < -0.3 is 10.1 Å². The number of aryl methyl sites for hydroxylation is 2. The van der Waals surface area contributed by atoms with Gasteiger partial charge in [-0.3, -0.25) is 9.59 Å². The van der Waals surface area contributed by atoms with E-state index in [1.165, 1.54) is 11.3 Å². The van der Waals surface area contributed by atoms with E-state index in [0.29, 0.717) is 29.0 Å². The lowest BCUT2D eigenvalue weighted by Crippen LogP contribution is -2.20. The third-order valence-electron chi connectivity index (χ3n) is 4.41. The molecule has 6 nitrogen and oxygen atoms in total. The Labute approximate surface area is 169 Å². The molecule has 0 saturated carbocycles. The minimum Gasteiger partial charge on any atom is -0.453 e. The Morgan fingerprint density at radius 3 is 2.89 bits per heavy atom. The fraction of sp³-hybridized carbons (Fsp3) is 0.200. The van der Waals surface area contributed by atoms with E-state index in [1.807, 2.05) is 16.8 Å². The van der Waals surface area contributed by atoms with E-state index in [9.17, 15) is 14.4 Å². The van der Waals surface area contributed by atoms with E-state index in [4.69, 9.17) is 4.74 Å². The highest BCUT2D eigenvalue weighted by atomic mass is 32.1. The summed E-state index contributed by atoms with van der Waals surface area (Å²) in [5, 5.41) is 7.45. The summed E-state index contributed by atoms with van der Waals surface area (Å²) in [5.74, 6) is -0.856. The van der Waals surface area contributed by atoms with Crippen LogP contribution in [0, 0.1) is 6.92 Å². The highest BCUT2D eigenvalue weighted by molar-refractivity contribution is 7.17. The monoisotopic (exact) mass is 412 g/mol. The number of carbonyl (C=O) groups excluding carboxylic acids is 3. The lowest BCUT2D eigenvalue weighted by atomic mass is 9.99. The van der Waals surface area contributed by atoms with Crippen LogP contribution in [0.4, 0.5) is 5.69 Å². The number of fused-ring (bicyclic) bond motifs is 1. The third kappa shape index (κ3) is 3.74. The second kappa shape index (κ2) is 7.65. The Kier molecular flexibility index (Phi) is 5.06. The van der Waals surface area contributed by atoms with Crippen molar-refractivity contribution in [2.24, 2.45) is 0 Å². The fourth-order valence-corrected chi connectivity index (χ4v) is 4.60. The molecule has 3 aromatic rings. The van der Waals surface area contributed by atoms with Crippen LogP contribution in [-0.4, -0.2) is 29.3 Å². The van der Waals surface area contributed by atoms with Crippen LogP contribution in [0.3, 0.4) is 0 Å². The van der Waals surface area contributed by atoms with Crippen molar-refractivity contribution in [3.05, 3.63) is 56.7 Å². The Hall–Kier alpha value is -2.84. The molecule has 1 amide bonds. The molecule has 0 unspecified atom stereocenters. The van der Waals surface area contributed by atoms with E-state index in [2.05, 4.69) is 10.3 Å². The number of nitrogens with one attached hydrogen (secondary N) is 1. The largest absolute Gasteiger partial charge is 0.453 e. The van der Waals surface area contributed by atoms with Gasteiger partial charge in [0.25, 0.3) is 0 Å². The topological polar surface area (TPSA) is 85.4 Å². The van der Waals surface area contributed by atoms with Gasteiger partial charge in [0, 0.05) is 28.6 Å². The SMILES string of the molecule is Cc1nc(-c2ccsc2)sc1C(=O)OCC(=O)c1ccc2c(c1)CCC(=O)N2. The number of ketones is 1. The first-order valence-corrected chi connectivity index (χ1v) is 10.4. The molecular formula is C20H16N2O4S2. The number of aromatic nitrogens is 1. The maximum atomic E-state index is 12.4. The second-order valence-corrected chi connectivity index (χ2v) is 8.14. The molecule has 0 spiro atoms. The van der Waals surface area contributed by atoms with Gasteiger partial charge in [-0.15, -0.1) is 11.3 Å². The van der Waals surface area contributed by atoms with Crippen LogP contribution in [0.5, 0.6) is 0 Å². The molecule has 4 rings (SSSR count). The number of carbonyl (C=O) groups is 3. The number of hydrogen-bond donors (Lipinski definition) is 1. The normalized spacial score (nSPS) is 13.0. The van der Waals surface area contributed by atoms with Gasteiger partial charge >= 0.3 is 5.97 Å². The van der Waals surface area contributed by atoms with Crippen molar-refractivity contribution in [1.82, 2.24) is 4.98 Å². The van der Waals surface area contributed by atoms with Crippen LogP contribution < -0.4 is 5.32 Å². The number of anilines is 1. The summed E-state index contributed by atoms with van der Waals surface area (Å²) in [6.07, 6.45) is 0.990. The third-order valence-corrected chi connectivity index (χ3v) is 6.28. The minimum absolute atomic E-state index is 0.0257. The van der Waals surface area contributed by atoms with Gasteiger partial charge in [-0.25, -0.2) is 9.78 Å². The number of thiophene rings is 1. The predicted molar refractivity (Wildman–Crippen MR) is 108 cm³/mol. The Morgan fingerprint density at radius 2 is 2.11 bits per heavy atom. The lowest BCUT2D eigenvalue weighted by molar-refractivity contribution is -0.116. The van der Waals surface area contributed by atoms with Crippen molar-refractivity contribution in [3.63, 3.8) is 0 Å². The molecule has 28 heavy (non-hydrogen) atoms. The van der Waals surface area contributed by atoms with Crippen molar-refractivity contribution in [3.8, 4) is 10.6 Å². The number of Topliss-reactive ketones (excluding diaryl/α,β-unsaturated/α-hetero) is 1. The molecule has 1 aliphatic heterocycles. The highest BCUT2D eigenvalue weighted by Crippen LogP contribution is 2.30. The molecular weight excluding hydrogens is 396 g/mol. The number of benzene rings is 1. The summed E-state index contributed by atoms with van der Waals surface area (Å²) in [5.41, 5.74) is 3.66. The standard InChI is InChI=1S/C20H16N2O4S2/c1-11-18(28-19(21-11)14-6-7-27-10-14)20(25)26-9-16(23)13-2-4-15-12(8-13)3-5-17(24)22-15/h2,4,6-8,10H,3,5,9H2,1H3,(H,22,24). The number of rotatable bonds is 5. The highest BCUT2D eigenvalue weighted by Gasteiger charge is 2.20. The molecule has 8 heteroatoms. The van der Waals surface area contributed by atoms with Gasteiger partial charge in [0.2, 0.25) is 5.91 Å². The quantitative estimate of drug-likeness (QED) is 0.504. The summed E-state index contributed by atoms with van der Waals surface area (Å²) in [6, 6.07) is 7.03. The summed E-state index contributed by atoms with van der Waals surface area (Å²) >= 11 is 2.82. The molecule has 0 saturated heterocycles. The van der Waals surface area contributed by atoms with Crippen molar-refractivity contribution >= 4 is 46.0 Å². The van der Waals surface area contributed by atoms with E-state index >= 15 is 0 Å². The van der Waals surface area contributed by atoms with Crippen LogP contribution in [0.15, 0.2) is 35.0 Å². The molecule has 1 N–H and O–H groups in total. The molecule has 142 valence electrons. The number of esters is 1. The molecule has 0 fully saturated rings. The summed E-state index contributed by atoms with van der Waals surface area (Å²) in [4.78, 5) is 41.1. The van der Waals surface area contributed by atoms with Crippen LogP contribution >= 0.6 is 22.7 Å². The maximum absolute atomic E-state index is 12.4. The van der Waals surface area contributed by atoms with Crippen LogP contribution in [0.25, 0.3) is 10.6 Å². The van der Waals surface area contributed by atoms with Gasteiger partial charge in [-0.2, -0.15) is 11.3 Å². The Morgan fingerprint density at radius 1 is 1.25 bits per heavy atom. The molecule has 2 aromatic heterocycles. The zero-order valence-corrected chi connectivity index (χ0v) is 16.6. The predicted octanol–water partition coefficient (Wildman–Crippen LogP) is 4.10. The molecule has 0 atom stereocenters. The summed E-state index contributed by atoms with van der Waals surface area (Å²) in [7, 11) is 0. The Bertz CT molecular complexity index is 1070. The molecule has 1 aliphatic rings. The number of ether oxygens (including phenoxy) is 1. The smallest absolute Gasteiger partial charge is 0.350 e. The number of amides is 1. The summed E-state index contributed by atoms with van der Waals surface area (Å²) in [6.45, 7) is 1.41. The van der Waals surface area contributed by atoms with E-state index < -0.39 is 5.97 Å². The minimum atomic E-state index is -0.546. The van der Waals surface area contributed by atoms with E-state index in [0.717, 1.165) is 21.8 Å². The van der Waals surface area contributed by atoms with Gasteiger partial charge in [0.05, 0.1) is 5.69 Å². The molecule has 3 heterocycles. The van der Waals surface area contributed by atoms with Gasteiger partial charge in [0.15, 0.2) is 12.4 Å². The van der Waals surface area contributed by atoms with Gasteiger partial charge in [-0.1, -0.05) is 0 Å². The van der Waals surface area contributed by atoms with Crippen LogP contribution in [-0.2, 0) is 16.0 Å². The Balaban J connectivity index is 1.42. The van der Waals surface area contributed by atoms with Gasteiger partial charge in [0.1, 0.15) is 9.88 Å². The fourth-order valence-electron chi connectivity index (χ4n) is 2.93. The summed E-state index contributed by atoms with van der Waals surface area (Å²) < 4.78 is 5.23. The first-order chi connectivity index (χ1) is 13.5. The zero-order valence-electron chi connectivity index (χ0n) is 15.0. The lowest BCUT2D eigenvalue weighted by Gasteiger charge is -2.17. The van der Waals surface area contributed by atoms with Crippen molar-refractivity contribution in [1.29, 1.82) is 0 Å². The average Bonchev–Trinajstić information content (AvgIpc) is 3.35. The first-order valence-electron chi connectivity index (χ1n) is 8.64. The molecule has 0 radical (unpaired) electrons. The van der Waals surface area contributed by atoms with Crippen molar-refractivity contribution in [2.45, 2.75) is 19.8 Å². The van der Waals surface area contributed by atoms with Crippen LogP contribution in [0.2, 0.25) is 0 Å². The molecule has 0 aliphatic carbocycles.